The third-order valence-electron chi connectivity index (χ3n) is 8.91. The highest BCUT2D eigenvalue weighted by atomic mass is 35.5. The van der Waals surface area contributed by atoms with E-state index in [0.29, 0.717) is 30.2 Å². The van der Waals surface area contributed by atoms with Crippen LogP contribution in [0.1, 0.15) is 56.5 Å². The third-order valence-corrected chi connectivity index (χ3v) is 9.16. The largest absolute Gasteiger partial charge is 0.391 e. The number of β-amino-alcohol motifs (C(OH)–C–C–N with tert-alkyl or cyclic N) is 1. The molecule has 0 radical (unpaired) electrons. The summed E-state index contributed by atoms with van der Waals surface area (Å²) < 4.78 is 6.15. The number of ether oxygens (including phenoxy) is 1. The van der Waals surface area contributed by atoms with Crippen LogP contribution in [-0.4, -0.2) is 114 Å². The number of nitrogens with one attached hydrogen (secondary N) is 2. The highest BCUT2D eigenvalue weighted by Crippen LogP contribution is 2.22. The first kappa shape index (κ1) is 38.0. The quantitative estimate of drug-likeness (QED) is 0.217. The number of aliphatic hydroxyl groups is 1. The summed E-state index contributed by atoms with van der Waals surface area (Å²) in [7, 11) is 0. The van der Waals surface area contributed by atoms with Crippen molar-refractivity contribution in [3.63, 3.8) is 0 Å². The number of amides is 4. The molecule has 4 amide bonds. The van der Waals surface area contributed by atoms with Crippen LogP contribution in [0.15, 0.2) is 42.6 Å². The van der Waals surface area contributed by atoms with Gasteiger partial charge in [-0.05, 0) is 48.1 Å². The molecule has 2 saturated heterocycles. The Morgan fingerprint density at radius 1 is 1.04 bits per heavy atom. The molecule has 4 rings (SSSR count). The molecule has 0 saturated carbocycles. The molecule has 2 aliphatic heterocycles. The van der Waals surface area contributed by atoms with Crippen LogP contribution in [0.3, 0.4) is 0 Å². The molecule has 3 heterocycles. The lowest BCUT2D eigenvalue weighted by atomic mass is 10.00. The van der Waals surface area contributed by atoms with Crippen LogP contribution in [0.5, 0.6) is 0 Å². The van der Waals surface area contributed by atoms with Gasteiger partial charge in [0.2, 0.25) is 23.6 Å². The van der Waals surface area contributed by atoms with E-state index in [1.165, 1.54) is 11.1 Å². The SMILES string of the molecule is CC(C)C[C@H](OCCN1CCN(c2ccc(C(N)=O)cn2)CC1)C(=O)N[C@H](C(=O)N1C[C@H](O)C[C@H]1C(=O)NCc1ccc(Cl)cc1)C(C)C. The number of carbonyl (C=O) groups excluding carboxylic acids is 4. The Kier molecular flexibility index (Phi) is 13.8. The molecule has 268 valence electrons. The van der Waals surface area contributed by atoms with Gasteiger partial charge in [-0.25, -0.2) is 4.98 Å². The number of anilines is 1. The molecule has 0 spiro atoms. The Hall–Kier alpha value is -3.78. The van der Waals surface area contributed by atoms with Crippen LogP contribution < -0.4 is 21.3 Å². The summed E-state index contributed by atoms with van der Waals surface area (Å²) in [5.41, 5.74) is 6.54. The van der Waals surface area contributed by atoms with Gasteiger partial charge in [-0.2, -0.15) is 0 Å². The minimum Gasteiger partial charge on any atom is -0.391 e. The lowest BCUT2D eigenvalue weighted by molar-refractivity contribution is -0.145. The monoisotopic (exact) mass is 699 g/mol. The van der Waals surface area contributed by atoms with Gasteiger partial charge in [0.15, 0.2) is 0 Å². The van der Waals surface area contributed by atoms with Gasteiger partial charge in [0.1, 0.15) is 24.0 Å². The smallest absolute Gasteiger partial charge is 0.250 e. The van der Waals surface area contributed by atoms with E-state index in [0.717, 1.165) is 37.6 Å². The minimum atomic E-state index is -0.902. The summed E-state index contributed by atoms with van der Waals surface area (Å²) >= 11 is 5.96. The number of rotatable bonds is 15. The normalized spacial score (nSPS) is 19.6. The van der Waals surface area contributed by atoms with Gasteiger partial charge in [0.25, 0.3) is 0 Å². The molecule has 1 aromatic heterocycles. The molecular weight excluding hydrogens is 650 g/mol. The maximum atomic E-state index is 13.9. The summed E-state index contributed by atoms with van der Waals surface area (Å²) in [6.45, 7) is 12.0. The number of carbonyl (C=O) groups is 4. The molecule has 0 unspecified atom stereocenters. The molecule has 0 bridgehead atoms. The number of hydrogen-bond acceptors (Lipinski definition) is 9. The number of likely N-dealkylation sites (tertiary alicyclic amines) is 1. The average Bonchev–Trinajstić information content (AvgIpc) is 3.47. The van der Waals surface area contributed by atoms with E-state index in [-0.39, 0.29) is 43.2 Å². The Bertz CT molecular complexity index is 1420. The predicted octanol–water partition coefficient (Wildman–Crippen LogP) is 1.81. The number of primary amides is 1. The molecule has 2 aromatic rings. The number of hydrogen-bond donors (Lipinski definition) is 4. The summed E-state index contributed by atoms with van der Waals surface area (Å²) in [5, 5.41) is 16.8. The summed E-state index contributed by atoms with van der Waals surface area (Å²) in [6, 6.07) is 8.80. The molecule has 13 nitrogen and oxygen atoms in total. The number of aromatic nitrogens is 1. The summed E-state index contributed by atoms with van der Waals surface area (Å²) in [6.07, 6.45) is 0.470. The zero-order chi connectivity index (χ0) is 35.7. The molecule has 2 fully saturated rings. The molecule has 14 heteroatoms. The first-order valence-corrected chi connectivity index (χ1v) is 17.4. The average molecular weight is 700 g/mol. The van der Waals surface area contributed by atoms with Crippen molar-refractivity contribution in [1.82, 2.24) is 25.4 Å². The minimum absolute atomic E-state index is 0.00485. The van der Waals surface area contributed by atoms with Crippen LogP contribution in [-0.2, 0) is 25.7 Å². The van der Waals surface area contributed by atoms with E-state index in [4.69, 9.17) is 22.1 Å². The number of nitrogens with zero attached hydrogens (tertiary/aromatic N) is 4. The highest BCUT2D eigenvalue weighted by Gasteiger charge is 2.42. The molecule has 5 N–H and O–H groups in total. The van der Waals surface area contributed by atoms with E-state index in [2.05, 4.69) is 25.4 Å². The van der Waals surface area contributed by atoms with Crippen LogP contribution in [0, 0.1) is 11.8 Å². The van der Waals surface area contributed by atoms with Crippen LogP contribution in [0.4, 0.5) is 5.82 Å². The highest BCUT2D eigenvalue weighted by molar-refractivity contribution is 6.30. The Labute approximate surface area is 293 Å². The molecular formula is C35H50ClN7O6. The van der Waals surface area contributed by atoms with Crippen LogP contribution in [0.25, 0.3) is 0 Å². The summed E-state index contributed by atoms with van der Waals surface area (Å²) in [5.74, 6) is -0.977. The number of pyridine rings is 1. The van der Waals surface area contributed by atoms with Gasteiger partial charge in [0.05, 0.1) is 18.3 Å². The third kappa shape index (κ3) is 10.9. The molecule has 49 heavy (non-hydrogen) atoms. The van der Waals surface area contributed by atoms with Gasteiger partial charge in [-0.1, -0.05) is 51.4 Å². The maximum Gasteiger partial charge on any atom is 0.250 e. The first-order chi connectivity index (χ1) is 23.3. The van der Waals surface area contributed by atoms with Crippen LogP contribution in [0.2, 0.25) is 5.02 Å². The zero-order valence-corrected chi connectivity index (χ0v) is 29.6. The van der Waals surface area contributed by atoms with E-state index in [1.807, 2.05) is 39.8 Å². The number of piperazine rings is 1. The van der Waals surface area contributed by atoms with Crippen molar-refractivity contribution >= 4 is 41.0 Å². The molecule has 0 aliphatic carbocycles. The Balaban J connectivity index is 1.30. The van der Waals surface area contributed by atoms with E-state index in [1.54, 1.807) is 24.3 Å². The van der Waals surface area contributed by atoms with Crippen molar-refractivity contribution in [2.45, 2.75) is 71.4 Å². The zero-order valence-electron chi connectivity index (χ0n) is 28.8. The van der Waals surface area contributed by atoms with Crippen molar-refractivity contribution in [2.75, 3.05) is 50.8 Å². The second-order valence-corrected chi connectivity index (χ2v) is 14.0. The van der Waals surface area contributed by atoms with Gasteiger partial charge < -0.3 is 36.0 Å². The van der Waals surface area contributed by atoms with E-state index >= 15 is 0 Å². The fourth-order valence-electron chi connectivity index (χ4n) is 6.08. The van der Waals surface area contributed by atoms with Gasteiger partial charge in [0, 0.05) is 63.5 Å². The fourth-order valence-corrected chi connectivity index (χ4v) is 6.20. The van der Waals surface area contributed by atoms with Crippen molar-refractivity contribution in [3.8, 4) is 0 Å². The first-order valence-electron chi connectivity index (χ1n) is 17.0. The van der Waals surface area contributed by atoms with Crippen molar-refractivity contribution in [2.24, 2.45) is 17.6 Å². The van der Waals surface area contributed by atoms with Gasteiger partial charge in [-0.15, -0.1) is 0 Å². The van der Waals surface area contributed by atoms with E-state index < -0.39 is 36.1 Å². The molecule has 2 aliphatic rings. The van der Waals surface area contributed by atoms with Gasteiger partial charge >= 0.3 is 0 Å². The molecule has 1 aromatic carbocycles. The van der Waals surface area contributed by atoms with Crippen molar-refractivity contribution < 1.29 is 29.0 Å². The lowest BCUT2D eigenvalue weighted by Gasteiger charge is -2.35. The second kappa shape index (κ2) is 17.7. The predicted molar refractivity (Wildman–Crippen MR) is 187 cm³/mol. The lowest BCUT2D eigenvalue weighted by Crippen LogP contribution is -2.57. The summed E-state index contributed by atoms with van der Waals surface area (Å²) in [4.78, 5) is 62.2. The topological polar surface area (TPSA) is 170 Å². The van der Waals surface area contributed by atoms with Gasteiger partial charge in [-0.3, -0.25) is 24.1 Å². The van der Waals surface area contributed by atoms with E-state index in [9.17, 15) is 24.3 Å². The Morgan fingerprint density at radius 3 is 2.33 bits per heavy atom. The van der Waals surface area contributed by atoms with Crippen molar-refractivity contribution in [3.05, 3.63) is 58.7 Å². The number of halogens is 1. The maximum absolute atomic E-state index is 13.9. The van der Waals surface area contributed by atoms with Crippen LogP contribution >= 0.6 is 11.6 Å². The number of aliphatic hydroxyl groups excluding tert-OH is 1. The van der Waals surface area contributed by atoms with Crippen molar-refractivity contribution in [1.29, 1.82) is 0 Å². The standard InChI is InChI=1S/C35H50ClN7O6/c1-22(2)17-29(49-16-15-41-11-13-42(14-12-41)30-10-7-25(20-38-30)32(37)45)34(47)40-31(23(3)4)35(48)43-21-27(44)18-28(43)33(46)39-19-24-5-8-26(36)9-6-24/h5-10,20,22-23,27-29,31,44H,11-19,21H2,1-4H3,(H2,37,45)(H,39,46)(H,40,47)/t27-,28+,29+,31+/m1/s1. The second-order valence-electron chi connectivity index (χ2n) is 13.6. The fraction of sp³-hybridized carbons (Fsp3) is 0.571. The molecule has 4 atom stereocenters. The Morgan fingerprint density at radius 2 is 1.73 bits per heavy atom. The number of benzene rings is 1. The number of nitrogens with two attached hydrogens (primary N) is 1.